The zero-order valence-corrected chi connectivity index (χ0v) is 52.7. The Bertz CT molecular complexity index is 1260. The molecule has 0 aliphatic rings. The fraction of sp³-hybridized carbons (Fsp3) is 0.889. The van der Waals surface area contributed by atoms with Crippen LogP contribution in [0, 0.1) is 0 Å². The summed E-state index contributed by atoms with van der Waals surface area (Å²) in [5, 5.41) is 23.3. The van der Waals surface area contributed by atoms with Crippen molar-refractivity contribution >= 4 is 11.9 Å². The first-order valence-electron chi connectivity index (χ1n) is 35.2. The smallest absolute Gasteiger partial charge is 0.305 e. The van der Waals surface area contributed by atoms with Gasteiger partial charge in [0.2, 0.25) is 5.91 Å². The monoisotopic (exact) mass is 1100 g/mol. The molecular formula is C72H137NO5. The number of amides is 1. The van der Waals surface area contributed by atoms with Crippen molar-refractivity contribution in [3.63, 3.8) is 0 Å². The number of rotatable bonds is 66. The number of aliphatic hydroxyl groups is 2. The molecule has 0 aromatic rings. The van der Waals surface area contributed by atoms with Gasteiger partial charge in [-0.25, -0.2) is 0 Å². The van der Waals surface area contributed by atoms with Crippen LogP contribution in [0.3, 0.4) is 0 Å². The molecule has 1 amide bonds. The van der Waals surface area contributed by atoms with E-state index in [1.807, 2.05) is 0 Å². The minimum absolute atomic E-state index is 0.0118. The molecule has 6 heteroatoms. The zero-order chi connectivity index (χ0) is 56.4. The van der Waals surface area contributed by atoms with Gasteiger partial charge in [0, 0.05) is 12.8 Å². The highest BCUT2D eigenvalue weighted by molar-refractivity contribution is 5.76. The second-order valence-corrected chi connectivity index (χ2v) is 24.2. The molecule has 78 heavy (non-hydrogen) atoms. The lowest BCUT2D eigenvalue weighted by molar-refractivity contribution is -0.143. The van der Waals surface area contributed by atoms with Crippen molar-refractivity contribution in [2.45, 2.75) is 398 Å². The molecule has 2 unspecified atom stereocenters. The number of carbonyl (C=O) groups excluding carboxylic acids is 2. The van der Waals surface area contributed by atoms with E-state index in [0.29, 0.717) is 25.9 Å². The number of hydrogen-bond acceptors (Lipinski definition) is 5. The zero-order valence-electron chi connectivity index (χ0n) is 52.7. The number of unbranched alkanes of at least 4 members (excludes halogenated alkanes) is 49. The summed E-state index contributed by atoms with van der Waals surface area (Å²) < 4.78 is 5.51. The molecule has 0 heterocycles. The predicted molar refractivity (Wildman–Crippen MR) is 343 cm³/mol. The molecule has 0 saturated carbocycles. The maximum absolute atomic E-state index is 12.5. The quantitative estimate of drug-likeness (QED) is 0.0320. The highest BCUT2D eigenvalue weighted by atomic mass is 16.5. The van der Waals surface area contributed by atoms with Crippen molar-refractivity contribution in [1.29, 1.82) is 0 Å². The van der Waals surface area contributed by atoms with Crippen LogP contribution in [0.4, 0.5) is 0 Å². The van der Waals surface area contributed by atoms with E-state index in [0.717, 1.165) is 51.4 Å². The number of allylic oxidation sites excluding steroid dienone is 6. The molecule has 0 bridgehead atoms. The Hall–Kier alpha value is -1.92. The van der Waals surface area contributed by atoms with Gasteiger partial charge < -0.3 is 20.3 Å². The average Bonchev–Trinajstić information content (AvgIpc) is 3.44. The molecule has 0 rings (SSSR count). The van der Waals surface area contributed by atoms with E-state index in [2.05, 4.69) is 55.6 Å². The van der Waals surface area contributed by atoms with Gasteiger partial charge in [0.25, 0.3) is 0 Å². The van der Waals surface area contributed by atoms with Crippen molar-refractivity contribution in [3.05, 3.63) is 36.5 Å². The van der Waals surface area contributed by atoms with Crippen LogP contribution < -0.4 is 5.32 Å². The fourth-order valence-electron chi connectivity index (χ4n) is 11.0. The maximum Gasteiger partial charge on any atom is 0.305 e. The Balaban J connectivity index is 3.37. The minimum atomic E-state index is -0.665. The third-order valence-electron chi connectivity index (χ3n) is 16.4. The predicted octanol–water partition coefficient (Wildman–Crippen LogP) is 22.7. The molecular weight excluding hydrogens is 959 g/mol. The lowest BCUT2D eigenvalue weighted by Gasteiger charge is -2.22. The molecule has 0 spiro atoms. The van der Waals surface area contributed by atoms with E-state index < -0.39 is 12.1 Å². The molecule has 0 radical (unpaired) electrons. The molecule has 0 aliphatic heterocycles. The van der Waals surface area contributed by atoms with E-state index in [-0.39, 0.29) is 18.5 Å². The standard InChI is InChI=1S/C72H137NO5/c1-3-5-7-9-11-13-15-17-19-20-30-34-38-42-46-50-54-58-62-66-72(77)78-67-63-59-55-51-47-43-39-35-32-29-27-25-23-21-22-24-26-28-31-33-37-41-45-49-53-57-61-65-71(76)73-69(68-74)70(75)64-60-56-52-48-44-40-36-18-16-14-12-10-8-6-4-2/h11,13,17,19,21-22,69-70,74-75H,3-10,12,14-16,18,20,23-68H2,1-2H3,(H,73,76)/b13-11-,19-17-,22-21-. The average molecular weight is 1100 g/mol. The van der Waals surface area contributed by atoms with Crippen molar-refractivity contribution in [2.75, 3.05) is 13.2 Å². The first kappa shape index (κ1) is 76.1. The maximum atomic E-state index is 12.5. The number of esters is 1. The second-order valence-electron chi connectivity index (χ2n) is 24.2. The van der Waals surface area contributed by atoms with Crippen LogP contribution in [0.5, 0.6) is 0 Å². The van der Waals surface area contributed by atoms with E-state index in [4.69, 9.17) is 4.74 Å². The molecule has 3 N–H and O–H groups in total. The van der Waals surface area contributed by atoms with E-state index in [1.165, 1.54) is 302 Å². The van der Waals surface area contributed by atoms with Gasteiger partial charge in [0.15, 0.2) is 0 Å². The summed E-state index contributed by atoms with van der Waals surface area (Å²) in [4.78, 5) is 24.6. The Morgan fingerprint density at radius 1 is 0.359 bits per heavy atom. The number of carbonyl (C=O) groups is 2. The van der Waals surface area contributed by atoms with Crippen LogP contribution in [-0.2, 0) is 14.3 Å². The van der Waals surface area contributed by atoms with Crippen LogP contribution in [0.15, 0.2) is 36.5 Å². The molecule has 0 aromatic heterocycles. The highest BCUT2D eigenvalue weighted by Gasteiger charge is 2.20. The number of hydrogen-bond donors (Lipinski definition) is 3. The molecule has 0 fully saturated rings. The molecule has 0 aliphatic carbocycles. The van der Waals surface area contributed by atoms with Crippen LogP contribution >= 0.6 is 0 Å². The highest BCUT2D eigenvalue weighted by Crippen LogP contribution is 2.18. The van der Waals surface area contributed by atoms with Crippen molar-refractivity contribution in [1.82, 2.24) is 5.32 Å². The molecule has 460 valence electrons. The van der Waals surface area contributed by atoms with Crippen molar-refractivity contribution < 1.29 is 24.5 Å². The van der Waals surface area contributed by atoms with Crippen LogP contribution in [0.25, 0.3) is 0 Å². The molecule has 6 nitrogen and oxygen atoms in total. The first-order valence-corrected chi connectivity index (χ1v) is 35.2. The van der Waals surface area contributed by atoms with E-state index in [1.54, 1.807) is 0 Å². The lowest BCUT2D eigenvalue weighted by atomic mass is 10.0. The van der Waals surface area contributed by atoms with E-state index >= 15 is 0 Å². The van der Waals surface area contributed by atoms with Gasteiger partial charge in [-0.15, -0.1) is 0 Å². The summed E-state index contributed by atoms with van der Waals surface area (Å²) in [6.07, 6.45) is 86.2. The van der Waals surface area contributed by atoms with Crippen molar-refractivity contribution in [3.8, 4) is 0 Å². The summed E-state index contributed by atoms with van der Waals surface area (Å²) in [5.41, 5.74) is 0. The topological polar surface area (TPSA) is 95.9 Å². The van der Waals surface area contributed by atoms with Gasteiger partial charge in [-0.05, 0) is 83.5 Å². The summed E-state index contributed by atoms with van der Waals surface area (Å²) in [6.45, 7) is 4.95. The first-order chi connectivity index (χ1) is 38.5. The summed E-state index contributed by atoms with van der Waals surface area (Å²) in [6, 6.07) is -0.542. The molecule has 0 saturated heterocycles. The van der Waals surface area contributed by atoms with Crippen LogP contribution in [-0.4, -0.2) is 47.4 Å². The number of nitrogens with one attached hydrogen (secondary N) is 1. The van der Waals surface area contributed by atoms with Gasteiger partial charge in [0.1, 0.15) is 0 Å². The van der Waals surface area contributed by atoms with Crippen molar-refractivity contribution in [2.24, 2.45) is 0 Å². The third kappa shape index (κ3) is 63.3. The summed E-state index contributed by atoms with van der Waals surface area (Å²) in [7, 11) is 0. The van der Waals surface area contributed by atoms with E-state index in [9.17, 15) is 19.8 Å². The number of aliphatic hydroxyl groups excluding tert-OH is 2. The Morgan fingerprint density at radius 3 is 1.01 bits per heavy atom. The van der Waals surface area contributed by atoms with Gasteiger partial charge in [-0.2, -0.15) is 0 Å². The fourth-order valence-corrected chi connectivity index (χ4v) is 11.0. The third-order valence-corrected chi connectivity index (χ3v) is 16.4. The lowest BCUT2D eigenvalue weighted by Crippen LogP contribution is -2.45. The Morgan fingerprint density at radius 2 is 0.641 bits per heavy atom. The van der Waals surface area contributed by atoms with Gasteiger partial charge in [-0.1, -0.05) is 326 Å². The van der Waals surface area contributed by atoms with Gasteiger partial charge >= 0.3 is 5.97 Å². The summed E-state index contributed by atoms with van der Waals surface area (Å²) in [5.74, 6) is -0.0216. The molecule has 2 atom stereocenters. The second kappa shape index (κ2) is 67.6. The van der Waals surface area contributed by atoms with Crippen LogP contribution in [0.1, 0.15) is 386 Å². The summed E-state index contributed by atoms with van der Waals surface area (Å²) >= 11 is 0. The minimum Gasteiger partial charge on any atom is -0.466 e. The van der Waals surface area contributed by atoms with Gasteiger partial charge in [-0.3, -0.25) is 9.59 Å². The normalized spacial score (nSPS) is 12.7. The Kier molecular flexibility index (Phi) is 65.9. The van der Waals surface area contributed by atoms with Gasteiger partial charge in [0.05, 0.1) is 25.4 Å². The van der Waals surface area contributed by atoms with Crippen LogP contribution in [0.2, 0.25) is 0 Å². The Labute approximate surface area is 487 Å². The largest absolute Gasteiger partial charge is 0.466 e. The number of ether oxygens (including phenoxy) is 1. The SMILES string of the molecule is CCCCC/C=C\C/C=C\CCCCCCCCCCCC(=O)OCCCCCCCCCCCCCC/C=C\CCCCCCCCCCCCCC(=O)NC(CO)C(O)CCCCCCCCCCCCCCCCC. The molecule has 0 aromatic carbocycles.